The quantitative estimate of drug-likeness (QED) is 0.872. The second-order valence-corrected chi connectivity index (χ2v) is 6.63. The average molecular weight is 361 g/mol. The first kappa shape index (κ1) is 17.4. The van der Waals surface area contributed by atoms with Crippen molar-refractivity contribution >= 4 is 23.4 Å². The van der Waals surface area contributed by atoms with E-state index in [4.69, 9.17) is 14.2 Å². The molecule has 0 saturated carbocycles. The highest BCUT2D eigenvalue weighted by molar-refractivity contribution is 7.99. The maximum Gasteiger partial charge on any atom is 0.254 e. The molecule has 3 rings (SSSR count). The first-order chi connectivity index (χ1) is 12.1. The summed E-state index contributed by atoms with van der Waals surface area (Å²) < 4.78 is 15.8. The van der Waals surface area contributed by atoms with Crippen LogP contribution >= 0.6 is 11.8 Å². The zero-order valence-corrected chi connectivity index (χ0v) is 14.9. The molecule has 0 spiro atoms. The summed E-state index contributed by atoms with van der Waals surface area (Å²) in [5, 5.41) is 12.8. The minimum atomic E-state index is -1.19. The lowest BCUT2D eigenvalue weighted by atomic mass is 10.1. The third-order valence-corrected chi connectivity index (χ3v) is 5.37. The highest BCUT2D eigenvalue weighted by Gasteiger charge is 2.33. The lowest BCUT2D eigenvalue weighted by Crippen LogP contribution is -2.30. The number of aliphatic hydroxyl groups is 1. The van der Waals surface area contributed by atoms with E-state index in [-0.39, 0.29) is 0 Å². The number of amides is 1. The van der Waals surface area contributed by atoms with Gasteiger partial charge in [-0.15, -0.1) is 11.8 Å². The van der Waals surface area contributed by atoms with E-state index in [2.05, 4.69) is 5.32 Å². The van der Waals surface area contributed by atoms with Gasteiger partial charge in [0.1, 0.15) is 11.9 Å². The van der Waals surface area contributed by atoms with Gasteiger partial charge in [-0.3, -0.25) is 4.79 Å². The third-order valence-electron chi connectivity index (χ3n) is 4.00. The summed E-state index contributed by atoms with van der Waals surface area (Å²) in [6, 6.07) is 10.8. The number of benzene rings is 2. The van der Waals surface area contributed by atoms with Crippen molar-refractivity contribution in [2.75, 3.05) is 26.6 Å². The van der Waals surface area contributed by atoms with Gasteiger partial charge in [-0.05, 0) is 23.8 Å². The fourth-order valence-corrected chi connectivity index (χ4v) is 3.88. The fourth-order valence-electron chi connectivity index (χ4n) is 2.64. The van der Waals surface area contributed by atoms with Crippen molar-refractivity contribution in [2.45, 2.75) is 16.2 Å². The summed E-state index contributed by atoms with van der Waals surface area (Å²) in [5.74, 6) is 1.33. The minimum Gasteiger partial charge on any atom is -0.497 e. The molecule has 2 N–H and O–H groups in total. The van der Waals surface area contributed by atoms with E-state index in [0.29, 0.717) is 22.9 Å². The zero-order valence-electron chi connectivity index (χ0n) is 14.1. The molecule has 1 amide bonds. The van der Waals surface area contributed by atoms with Gasteiger partial charge in [0, 0.05) is 11.0 Å². The molecule has 0 saturated heterocycles. The van der Waals surface area contributed by atoms with E-state index in [0.717, 1.165) is 10.5 Å². The number of fused-ring (bicyclic) bond motifs is 1. The Hall–Kier alpha value is -2.38. The summed E-state index contributed by atoms with van der Waals surface area (Å²) in [6.07, 6.45) is -1.19. The lowest BCUT2D eigenvalue weighted by molar-refractivity contribution is -0.124. The van der Waals surface area contributed by atoms with E-state index in [1.165, 1.54) is 18.9 Å². The van der Waals surface area contributed by atoms with Gasteiger partial charge in [0.2, 0.25) is 0 Å². The molecule has 132 valence electrons. The second kappa shape index (κ2) is 7.25. The number of nitrogens with one attached hydrogen (secondary N) is 1. The van der Waals surface area contributed by atoms with Crippen LogP contribution in [0.2, 0.25) is 0 Å². The van der Waals surface area contributed by atoms with Crippen LogP contribution in [0.4, 0.5) is 5.69 Å². The molecular formula is C18H19NO5S. The predicted octanol–water partition coefficient (Wildman–Crippen LogP) is 2.86. The van der Waals surface area contributed by atoms with Crippen LogP contribution in [0, 0.1) is 0 Å². The van der Waals surface area contributed by atoms with Crippen LogP contribution in [0.5, 0.6) is 17.2 Å². The molecule has 0 bridgehead atoms. The summed E-state index contributed by atoms with van der Waals surface area (Å²) in [7, 11) is 4.68. The van der Waals surface area contributed by atoms with E-state index in [1.54, 1.807) is 38.5 Å². The van der Waals surface area contributed by atoms with Gasteiger partial charge >= 0.3 is 0 Å². The van der Waals surface area contributed by atoms with Gasteiger partial charge in [-0.1, -0.05) is 12.1 Å². The lowest BCUT2D eigenvalue weighted by Gasteiger charge is -2.19. The van der Waals surface area contributed by atoms with Crippen LogP contribution in [-0.4, -0.2) is 38.4 Å². The summed E-state index contributed by atoms with van der Waals surface area (Å²) in [5.41, 5.74) is 1.42. The number of aliphatic hydroxyl groups excluding tert-OH is 1. The number of hydrogen-bond acceptors (Lipinski definition) is 6. The largest absolute Gasteiger partial charge is 0.497 e. The van der Waals surface area contributed by atoms with Crippen LogP contribution in [-0.2, 0) is 4.79 Å². The van der Waals surface area contributed by atoms with Crippen LogP contribution < -0.4 is 19.5 Å². The Morgan fingerprint density at radius 3 is 2.24 bits per heavy atom. The number of ether oxygens (including phenoxy) is 3. The van der Waals surface area contributed by atoms with E-state index in [9.17, 15) is 9.90 Å². The molecule has 0 aromatic heterocycles. The third kappa shape index (κ3) is 3.38. The van der Waals surface area contributed by atoms with Crippen molar-refractivity contribution in [3.05, 3.63) is 42.0 Å². The molecule has 2 aromatic rings. The Morgan fingerprint density at radius 1 is 1.00 bits per heavy atom. The molecule has 1 heterocycles. The predicted molar refractivity (Wildman–Crippen MR) is 95.8 cm³/mol. The number of rotatable bonds is 4. The Kier molecular flexibility index (Phi) is 5.06. The summed E-state index contributed by atoms with van der Waals surface area (Å²) in [4.78, 5) is 13.2. The van der Waals surface area contributed by atoms with Crippen molar-refractivity contribution in [3.8, 4) is 17.2 Å². The van der Waals surface area contributed by atoms with Gasteiger partial charge in [0.15, 0.2) is 11.5 Å². The van der Waals surface area contributed by atoms with Gasteiger partial charge in [0.05, 0.1) is 32.3 Å². The molecular weight excluding hydrogens is 342 g/mol. The number of thioether (sulfide) groups is 1. The van der Waals surface area contributed by atoms with Crippen molar-refractivity contribution in [2.24, 2.45) is 0 Å². The molecule has 25 heavy (non-hydrogen) atoms. The number of anilines is 1. The average Bonchev–Trinajstić information content (AvgIpc) is 2.77. The SMILES string of the molecule is COc1ccc([C@H]2Sc3cc(OC)c(OC)cc3NC(=O)[C@H]2O)cc1. The monoisotopic (exact) mass is 361 g/mol. The standard InChI is InChI=1S/C18H19NO5S/c1-22-11-6-4-10(5-7-11)17-16(20)18(21)19-12-8-13(23-2)14(24-3)9-15(12)25-17/h4-9,16-17,20H,1-3H3,(H,19,21)/t16-,17+/m0/s1. The molecule has 7 heteroatoms. The highest BCUT2D eigenvalue weighted by atomic mass is 32.2. The van der Waals surface area contributed by atoms with Crippen LogP contribution in [0.1, 0.15) is 10.8 Å². The second-order valence-electron chi connectivity index (χ2n) is 5.45. The van der Waals surface area contributed by atoms with E-state index in [1.807, 2.05) is 12.1 Å². The zero-order chi connectivity index (χ0) is 18.0. The fraction of sp³-hybridized carbons (Fsp3) is 0.278. The van der Waals surface area contributed by atoms with Crippen molar-refractivity contribution < 1.29 is 24.1 Å². The molecule has 0 fully saturated rings. The smallest absolute Gasteiger partial charge is 0.254 e. The van der Waals surface area contributed by atoms with Crippen LogP contribution in [0.25, 0.3) is 0 Å². The van der Waals surface area contributed by atoms with Crippen molar-refractivity contribution in [1.29, 1.82) is 0 Å². The van der Waals surface area contributed by atoms with Crippen molar-refractivity contribution in [1.82, 2.24) is 0 Å². The van der Waals surface area contributed by atoms with Crippen LogP contribution in [0.3, 0.4) is 0 Å². The topological polar surface area (TPSA) is 77.0 Å². The van der Waals surface area contributed by atoms with Gasteiger partial charge < -0.3 is 24.6 Å². The van der Waals surface area contributed by atoms with Gasteiger partial charge in [-0.25, -0.2) is 0 Å². The minimum absolute atomic E-state index is 0.453. The molecule has 0 unspecified atom stereocenters. The number of methoxy groups -OCH3 is 3. The van der Waals surface area contributed by atoms with E-state index >= 15 is 0 Å². The van der Waals surface area contributed by atoms with Crippen LogP contribution in [0.15, 0.2) is 41.3 Å². The summed E-state index contributed by atoms with van der Waals surface area (Å²) >= 11 is 1.40. The Labute approximate surface area is 150 Å². The Bertz CT molecular complexity index is 778. The molecule has 2 aromatic carbocycles. The normalized spacial score (nSPS) is 19.4. The first-order valence-corrected chi connectivity index (χ1v) is 8.51. The Balaban J connectivity index is 2.02. The van der Waals surface area contributed by atoms with Crippen molar-refractivity contribution in [3.63, 3.8) is 0 Å². The number of carbonyl (C=O) groups excluding carboxylic acids is 1. The Morgan fingerprint density at radius 2 is 1.64 bits per heavy atom. The highest BCUT2D eigenvalue weighted by Crippen LogP contribution is 2.47. The first-order valence-electron chi connectivity index (χ1n) is 7.63. The number of hydrogen-bond donors (Lipinski definition) is 2. The maximum absolute atomic E-state index is 12.4. The van der Waals surface area contributed by atoms with E-state index < -0.39 is 17.3 Å². The molecule has 6 nitrogen and oxygen atoms in total. The summed E-state index contributed by atoms with van der Waals surface area (Å²) in [6.45, 7) is 0. The molecule has 1 aliphatic rings. The molecule has 2 atom stereocenters. The molecule has 0 radical (unpaired) electrons. The maximum atomic E-state index is 12.4. The molecule has 1 aliphatic heterocycles. The number of carbonyl (C=O) groups is 1. The van der Waals surface area contributed by atoms with Gasteiger partial charge in [-0.2, -0.15) is 0 Å². The molecule has 0 aliphatic carbocycles. The van der Waals surface area contributed by atoms with Gasteiger partial charge in [0.25, 0.3) is 5.91 Å².